The molecule has 0 saturated carbocycles. The van der Waals surface area contributed by atoms with Crippen LogP contribution in [0.5, 0.6) is 0 Å². The Kier molecular flexibility index (Phi) is 9.26. The number of fused-ring (bicyclic) bond motifs is 11. The van der Waals surface area contributed by atoms with E-state index in [1.54, 1.807) is 0 Å². The molecule has 14 aromatic rings. The number of rotatable bonds is 7. The third-order valence-corrected chi connectivity index (χ3v) is 15.0. The molecule has 0 spiro atoms. The van der Waals surface area contributed by atoms with Crippen molar-refractivity contribution in [2.24, 2.45) is 0 Å². The van der Waals surface area contributed by atoms with Crippen LogP contribution in [0.25, 0.3) is 133 Å². The molecule has 0 aliphatic heterocycles. The summed E-state index contributed by atoms with van der Waals surface area (Å²) in [7, 11) is 0. The zero-order chi connectivity index (χ0) is 48.0. The summed E-state index contributed by atoms with van der Waals surface area (Å²) in [6, 6.07) is 89.7. The third kappa shape index (κ3) is 6.67. The van der Waals surface area contributed by atoms with Gasteiger partial charge >= 0.3 is 0 Å². The minimum atomic E-state index is 0.581. The summed E-state index contributed by atoms with van der Waals surface area (Å²) in [4.78, 5) is 15.5. The van der Waals surface area contributed by atoms with E-state index >= 15 is 0 Å². The molecule has 0 unspecified atom stereocenters. The molecule has 0 atom stereocenters. The van der Waals surface area contributed by atoms with Gasteiger partial charge in [-0.1, -0.05) is 194 Å². The van der Waals surface area contributed by atoms with Gasteiger partial charge in [0.1, 0.15) is 0 Å². The van der Waals surface area contributed by atoms with Crippen molar-refractivity contribution in [1.29, 1.82) is 0 Å². The number of hydrogen-bond donors (Lipinski definition) is 0. The van der Waals surface area contributed by atoms with E-state index < -0.39 is 0 Å². The molecule has 0 fully saturated rings. The highest BCUT2D eigenvalue weighted by Gasteiger charge is 2.25. The lowest BCUT2D eigenvalue weighted by Gasteiger charge is -2.13. The van der Waals surface area contributed by atoms with E-state index in [1.165, 1.54) is 88.0 Å². The lowest BCUT2D eigenvalue weighted by atomic mass is 9.91. The summed E-state index contributed by atoms with van der Waals surface area (Å²) >= 11 is 0. The van der Waals surface area contributed by atoms with E-state index in [-0.39, 0.29) is 0 Å². The molecule has 5 nitrogen and oxygen atoms in total. The first-order valence-corrected chi connectivity index (χ1v) is 25.0. The first kappa shape index (κ1) is 41.1. The number of hydrogen-bond acceptors (Lipinski definition) is 3. The molecular formula is C68H43N5. The van der Waals surface area contributed by atoms with E-state index in [9.17, 15) is 0 Å². The summed E-state index contributed by atoms with van der Waals surface area (Å²) in [6.45, 7) is 0. The van der Waals surface area contributed by atoms with Gasteiger partial charge in [-0.05, 0) is 127 Å². The fourth-order valence-corrected chi connectivity index (χ4v) is 11.6. The van der Waals surface area contributed by atoms with Crippen LogP contribution in [0.1, 0.15) is 11.1 Å². The Morgan fingerprint density at radius 3 is 1.66 bits per heavy atom. The Labute approximate surface area is 421 Å². The van der Waals surface area contributed by atoms with Gasteiger partial charge in [-0.2, -0.15) is 9.97 Å². The quantitative estimate of drug-likeness (QED) is 0.160. The maximum absolute atomic E-state index is 5.23. The molecule has 0 N–H and O–H groups in total. The summed E-state index contributed by atoms with van der Waals surface area (Å²) in [5, 5.41) is 7.18. The number of para-hydroxylation sites is 1. The molecule has 0 amide bonds. The van der Waals surface area contributed by atoms with E-state index in [0.717, 1.165) is 45.2 Å². The second-order valence-corrected chi connectivity index (χ2v) is 19.2. The van der Waals surface area contributed by atoms with E-state index in [2.05, 4.69) is 221 Å². The monoisotopic (exact) mass is 929 g/mol. The van der Waals surface area contributed by atoms with Gasteiger partial charge in [0, 0.05) is 38.4 Å². The molecule has 1 aliphatic carbocycles. The lowest BCUT2D eigenvalue weighted by molar-refractivity contribution is 0.953. The smallest absolute Gasteiger partial charge is 0.238 e. The standard InChI is InChI=1S/C68H43N5/c1-4-16-43(17-5-1)47-23-14-25-53(39-47)72-60-29-13-12-27-56(60)58-42-51(34-36-61(58)72)55-28-15-24-52-38-50-31-30-48(40-57(50)64(52)55)49-33-35-62-59(41-49)65-54-26-11-10-18-44(54)32-37-63(65)73(62)68-70-66(45-19-6-2-7-20-45)69-67(71-68)46-21-8-3-9-22-46/h1-37,39-42H,38H2. The molecule has 1 aliphatic rings. The minimum absolute atomic E-state index is 0.581. The van der Waals surface area contributed by atoms with Gasteiger partial charge in [0.2, 0.25) is 5.95 Å². The van der Waals surface area contributed by atoms with Crippen molar-refractivity contribution < 1.29 is 0 Å². The summed E-state index contributed by atoms with van der Waals surface area (Å²) in [5.41, 5.74) is 20.0. The molecule has 5 heteroatoms. The van der Waals surface area contributed by atoms with Crippen LogP contribution in [0, 0.1) is 0 Å². The van der Waals surface area contributed by atoms with Crippen LogP contribution in [0.4, 0.5) is 0 Å². The highest BCUT2D eigenvalue weighted by molar-refractivity contribution is 6.22. The van der Waals surface area contributed by atoms with Crippen LogP contribution in [-0.4, -0.2) is 24.1 Å². The van der Waals surface area contributed by atoms with Crippen LogP contribution in [-0.2, 0) is 6.42 Å². The van der Waals surface area contributed by atoms with Gasteiger partial charge in [0.15, 0.2) is 11.6 Å². The predicted molar refractivity (Wildman–Crippen MR) is 301 cm³/mol. The Bertz CT molecular complexity index is 4450. The van der Waals surface area contributed by atoms with E-state index in [1.807, 2.05) is 36.4 Å². The van der Waals surface area contributed by atoms with Crippen LogP contribution >= 0.6 is 0 Å². The Morgan fingerprint density at radius 1 is 0.301 bits per heavy atom. The highest BCUT2D eigenvalue weighted by Crippen LogP contribution is 2.47. The highest BCUT2D eigenvalue weighted by atomic mass is 15.2. The summed E-state index contributed by atoms with van der Waals surface area (Å²) in [6.07, 6.45) is 0.901. The topological polar surface area (TPSA) is 48.5 Å². The van der Waals surface area contributed by atoms with Crippen LogP contribution in [0.2, 0.25) is 0 Å². The molecule has 73 heavy (non-hydrogen) atoms. The number of benzene rings is 11. The third-order valence-electron chi connectivity index (χ3n) is 15.0. The Balaban J connectivity index is 0.871. The van der Waals surface area contributed by atoms with Gasteiger partial charge in [-0.15, -0.1) is 0 Å². The van der Waals surface area contributed by atoms with Crippen molar-refractivity contribution in [1.82, 2.24) is 24.1 Å². The van der Waals surface area contributed by atoms with Crippen molar-refractivity contribution in [3.63, 3.8) is 0 Å². The van der Waals surface area contributed by atoms with Crippen molar-refractivity contribution in [3.8, 4) is 78.9 Å². The molecule has 3 heterocycles. The molecule has 340 valence electrons. The average molecular weight is 930 g/mol. The molecule has 3 aromatic heterocycles. The zero-order valence-electron chi connectivity index (χ0n) is 39.6. The molecule has 0 radical (unpaired) electrons. The summed E-state index contributed by atoms with van der Waals surface area (Å²) in [5.74, 6) is 1.84. The fourth-order valence-electron chi connectivity index (χ4n) is 11.6. The van der Waals surface area contributed by atoms with E-state index in [0.29, 0.717) is 17.6 Å². The normalized spacial score (nSPS) is 12.1. The largest absolute Gasteiger partial charge is 0.309 e. The second kappa shape index (κ2) is 16.4. The molecular weight excluding hydrogens is 887 g/mol. The molecule has 0 saturated heterocycles. The SMILES string of the molecule is c1ccc(-c2cccc(-n3c4ccccc4c4cc(-c5cccc6c5-c5cc(-c7ccc8c(c7)c7c9ccccc9ccc7n8-c7nc(-c8ccccc8)nc(-c8ccccc8)n7)ccc5C6)ccc43)c2)cc1. The number of aromatic nitrogens is 5. The Hall–Kier alpha value is -9.71. The first-order valence-electron chi connectivity index (χ1n) is 25.0. The lowest BCUT2D eigenvalue weighted by Crippen LogP contribution is -2.06. The van der Waals surface area contributed by atoms with Gasteiger partial charge < -0.3 is 4.57 Å². The van der Waals surface area contributed by atoms with Crippen molar-refractivity contribution >= 4 is 54.4 Å². The van der Waals surface area contributed by atoms with Gasteiger partial charge in [-0.25, -0.2) is 4.98 Å². The van der Waals surface area contributed by atoms with Crippen molar-refractivity contribution in [2.45, 2.75) is 6.42 Å². The van der Waals surface area contributed by atoms with Gasteiger partial charge in [0.05, 0.1) is 22.1 Å². The molecule has 11 aromatic carbocycles. The Morgan fingerprint density at radius 2 is 0.877 bits per heavy atom. The average Bonchev–Trinajstić information content (AvgIpc) is 4.14. The fraction of sp³-hybridized carbons (Fsp3) is 0.0147. The number of nitrogens with zero attached hydrogens (tertiary/aromatic N) is 5. The second-order valence-electron chi connectivity index (χ2n) is 19.2. The van der Waals surface area contributed by atoms with Crippen molar-refractivity contribution in [2.75, 3.05) is 0 Å². The minimum Gasteiger partial charge on any atom is -0.309 e. The van der Waals surface area contributed by atoms with Crippen LogP contribution < -0.4 is 0 Å². The maximum Gasteiger partial charge on any atom is 0.238 e. The van der Waals surface area contributed by atoms with E-state index in [4.69, 9.17) is 15.0 Å². The predicted octanol–water partition coefficient (Wildman–Crippen LogP) is 17.1. The van der Waals surface area contributed by atoms with Crippen LogP contribution in [0.3, 0.4) is 0 Å². The molecule has 15 rings (SSSR count). The maximum atomic E-state index is 5.23. The van der Waals surface area contributed by atoms with Gasteiger partial charge in [0.25, 0.3) is 0 Å². The van der Waals surface area contributed by atoms with Crippen LogP contribution in [0.15, 0.2) is 249 Å². The zero-order valence-corrected chi connectivity index (χ0v) is 39.6. The first-order chi connectivity index (χ1) is 36.2. The molecule has 0 bridgehead atoms. The van der Waals surface area contributed by atoms with Gasteiger partial charge in [-0.3, -0.25) is 4.57 Å². The van der Waals surface area contributed by atoms with Crippen molar-refractivity contribution in [3.05, 3.63) is 260 Å². The summed E-state index contributed by atoms with van der Waals surface area (Å²) < 4.78 is 4.64.